The molecule has 0 aromatic heterocycles. The van der Waals surface area contributed by atoms with Crippen LogP contribution in [-0.4, -0.2) is 74.1 Å². The highest BCUT2D eigenvalue weighted by Crippen LogP contribution is 2.43. The van der Waals surface area contributed by atoms with Crippen LogP contribution in [0.4, 0.5) is 0 Å². The summed E-state index contributed by atoms with van der Waals surface area (Å²) in [5, 5.41) is 9.93. The summed E-state index contributed by atoms with van der Waals surface area (Å²) in [5.74, 6) is -0.365. The van der Waals surface area contributed by atoms with Crippen molar-refractivity contribution in [2.75, 3.05) is 47.5 Å². The monoisotopic (exact) mass is 831 g/mol. The molecule has 0 saturated heterocycles. The van der Waals surface area contributed by atoms with Crippen LogP contribution in [0.1, 0.15) is 238 Å². The number of carbonyl (C=O) groups is 1. The standard InChI is InChI=1S/C48H96NO7P/c1-5-6-7-8-9-10-11-12-13-14-15-16-17-18-19-20-21-22-23-24-25-26-27-28-29-30-31-32-33-34-35-36-37-38-39-40-41-42-48(51)54-45-47(50)46-56-57(52,53)55-44-43-49(2,3)4/h14-15,47,50H,5-13,16-46H2,1-4H3/p+1/b15-14-. The van der Waals surface area contributed by atoms with Gasteiger partial charge in [0.15, 0.2) is 0 Å². The molecule has 340 valence electrons. The molecule has 9 heteroatoms. The normalized spacial score (nSPS) is 13.7. The Morgan fingerprint density at radius 1 is 0.526 bits per heavy atom. The number of likely N-dealkylation sites (N-methyl/N-ethyl adjacent to an activating group) is 1. The number of allylic oxidation sites excluding steroid dienone is 2. The maximum Gasteiger partial charge on any atom is 0.472 e. The predicted octanol–water partition coefficient (Wildman–Crippen LogP) is 14.3. The number of esters is 1. The van der Waals surface area contributed by atoms with Crippen LogP contribution < -0.4 is 0 Å². The zero-order valence-electron chi connectivity index (χ0n) is 38.3. The Kier molecular flexibility index (Phi) is 41.4. The number of quaternary nitrogens is 1. The summed E-state index contributed by atoms with van der Waals surface area (Å²) in [6.07, 6.45) is 51.5. The first kappa shape index (κ1) is 56.2. The fraction of sp³-hybridized carbons (Fsp3) is 0.938. The van der Waals surface area contributed by atoms with Crippen LogP contribution in [0, 0.1) is 0 Å². The Morgan fingerprint density at radius 3 is 1.21 bits per heavy atom. The second-order valence-corrected chi connectivity index (χ2v) is 19.5. The summed E-state index contributed by atoms with van der Waals surface area (Å²) in [6.45, 7) is 2.18. The first-order chi connectivity index (χ1) is 27.6. The molecule has 0 aliphatic heterocycles. The summed E-state index contributed by atoms with van der Waals surface area (Å²) in [7, 11) is 1.57. The molecule has 57 heavy (non-hydrogen) atoms. The number of hydrogen-bond acceptors (Lipinski definition) is 6. The quantitative estimate of drug-likeness (QED) is 0.0207. The third-order valence-corrected chi connectivity index (χ3v) is 12.0. The third-order valence-electron chi connectivity index (χ3n) is 11.0. The zero-order valence-corrected chi connectivity index (χ0v) is 39.2. The Labute approximate surface area is 354 Å². The Morgan fingerprint density at radius 2 is 0.860 bits per heavy atom. The van der Waals surface area contributed by atoms with E-state index in [1.54, 1.807) is 0 Å². The van der Waals surface area contributed by atoms with Crippen molar-refractivity contribution in [3.05, 3.63) is 12.2 Å². The molecule has 0 saturated carbocycles. The summed E-state index contributed by atoms with van der Waals surface area (Å²) < 4.78 is 27.3. The van der Waals surface area contributed by atoms with Crippen LogP contribution in [0.2, 0.25) is 0 Å². The van der Waals surface area contributed by atoms with Gasteiger partial charge in [0.2, 0.25) is 0 Å². The number of phosphoric acid groups is 1. The topological polar surface area (TPSA) is 102 Å². The van der Waals surface area contributed by atoms with Gasteiger partial charge in [-0.1, -0.05) is 212 Å². The van der Waals surface area contributed by atoms with Crippen molar-refractivity contribution < 1.29 is 37.6 Å². The number of aliphatic hydroxyl groups is 1. The molecule has 0 rings (SSSR count). The minimum atomic E-state index is -4.25. The number of unbranched alkanes of at least 4 members (excludes halogenated alkanes) is 33. The molecule has 0 radical (unpaired) electrons. The second kappa shape index (κ2) is 42.0. The molecule has 0 fully saturated rings. The van der Waals surface area contributed by atoms with Crippen LogP contribution in [0.25, 0.3) is 0 Å². The largest absolute Gasteiger partial charge is 0.472 e. The Balaban J connectivity index is 3.29. The molecular weight excluding hydrogens is 734 g/mol. The fourth-order valence-corrected chi connectivity index (χ4v) is 7.93. The van der Waals surface area contributed by atoms with E-state index in [1.807, 2.05) is 21.1 Å². The van der Waals surface area contributed by atoms with Crippen molar-refractivity contribution in [2.45, 2.75) is 244 Å². The third kappa shape index (κ3) is 47.8. The van der Waals surface area contributed by atoms with Gasteiger partial charge in [-0.2, -0.15) is 0 Å². The van der Waals surface area contributed by atoms with E-state index in [4.69, 9.17) is 13.8 Å². The van der Waals surface area contributed by atoms with E-state index in [2.05, 4.69) is 19.1 Å². The first-order valence-corrected chi connectivity index (χ1v) is 26.0. The van der Waals surface area contributed by atoms with Crippen molar-refractivity contribution in [1.82, 2.24) is 0 Å². The van der Waals surface area contributed by atoms with Gasteiger partial charge in [-0.3, -0.25) is 13.8 Å². The van der Waals surface area contributed by atoms with Crippen molar-refractivity contribution in [2.24, 2.45) is 0 Å². The van der Waals surface area contributed by atoms with E-state index in [1.165, 1.54) is 205 Å². The average Bonchev–Trinajstić information content (AvgIpc) is 3.17. The molecule has 0 bridgehead atoms. The number of ether oxygens (including phenoxy) is 1. The van der Waals surface area contributed by atoms with E-state index in [0.717, 1.165) is 19.3 Å². The molecular formula is C48H97NO7P+. The molecule has 2 N–H and O–H groups in total. The number of carbonyl (C=O) groups excluding carboxylic acids is 1. The number of nitrogens with zero attached hydrogens (tertiary/aromatic N) is 1. The van der Waals surface area contributed by atoms with Crippen LogP contribution in [0.15, 0.2) is 12.2 Å². The highest BCUT2D eigenvalue weighted by Gasteiger charge is 2.24. The van der Waals surface area contributed by atoms with Crippen LogP contribution in [-0.2, 0) is 23.1 Å². The van der Waals surface area contributed by atoms with Gasteiger partial charge in [0.05, 0.1) is 27.7 Å². The van der Waals surface area contributed by atoms with Crippen molar-refractivity contribution in [3.63, 3.8) is 0 Å². The van der Waals surface area contributed by atoms with Gasteiger partial charge in [-0.05, 0) is 32.1 Å². The van der Waals surface area contributed by atoms with E-state index in [0.29, 0.717) is 17.4 Å². The van der Waals surface area contributed by atoms with E-state index >= 15 is 0 Å². The van der Waals surface area contributed by atoms with Gasteiger partial charge in [-0.25, -0.2) is 4.57 Å². The summed E-state index contributed by atoms with van der Waals surface area (Å²) in [4.78, 5) is 21.7. The highest BCUT2D eigenvalue weighted by molar-refractivity contribution is 7.47. The number of hydrogen-bond donors (Lipinski definition) is 2. The summed E-state index contributed by atoms with van der Waals surface area (Å²) >= 11 is 0. The molecule has 0 aliphatic rings. The van der Waals surface area contributed by atoms with Gasteiger partial charge < -0.3 is 19.2 Å². The lowest BCUT2D eigenvalue weighted by Crippen LogP contribution is -2.37. The number of rotatable bonds is 46. The molecule has 2 atom stereocenters. The fourth-order valence-electron chi connectivity index (χ4n) is 7.19. The second-order valence-electron chi connectivity index (χ2n) is 18.1. The van der Waals surface area contributed by atoms with Crippen molar-refractivity contribution in [1.29, 1.82) is 0 Å². The first-order valence-electron chi connectivity index (χ1n) is 24.5. The van der Waals surface area contributed by atoms with Gasteiger partial charge in [0.1, 0.15) is 25.9 Å². The predicted molar refractivity (Wildman–Crippen MR) is 243 cm³/mol. The minimum Gasteiger partial charge on any atom is -0.463 e. The molecule has 0 heterocycles. The lowest BCUT2D eigenvalue weighted by Gasteiger charge is -2.24. The van der Waals surface area contributed by atoms with Crippen LogP contribution >= 0.6 is 7.82 Å². The minimum absolute atomic E-state index is 0.0570. The number of aliphatic hydroxyl groups excluding tert-OH is 1. The molecule has 8 nitrogen and oxygen atoms in total. The van der Waals surface area contributed by atoms with Gasteiger partial charge >= 0.3 is 13.8 Å². The SMILES string of the molecule is CCCCCCCCCC/C=C\CCCCCCCCCCCCCCCCCCCCCCCCCCCC(=O)OCC(O)COP(=O)(O)OCC[N+](C)(C)C. The van der Waals surface area contributed by atoms with Crippen molar-refractivity contribution in [3.8, 4) is 0 Å². The van der Waals surface area contributed by atoms with Gasteiger partial charge in [0, 0.05) is 6.42 Å². The summed E-state index contributed by atoms with van der Waals surface area (Å²) in [6, 6.07) is 0. The van der Waals surface area contributed by atoms with Gasteiger partial charge in [-0.15, -0.1) is 0 Å². The van der Waals surface area contributed by atoms with Crippen molar-refractivity contribution >= 4 is 13.8 Å². The molecule has 0 aromatic carbocycles. The molecule has 0 aromatic rings. The smallest absolute Gasteiger partial charge is 0.463 e. The molecule has 0 spiro atoms. The van der Waals surface area contributed by atoms with E-state index in [-0.39, 0.29) is 19.2 Å². The molecule has 0 aliphatic carbocycles. The maximum atomic E-state index is 12.0. The molecule has 0 amide bonds. The zero-order chi connectivity index (χ0) is 42.0. The Hall–Kier alpha value is -0.760. The lowest BCUT2D eigenvalue weighted by atomic mass is 10.0. The highest BCUT2D eigenvalue weighted by atomic mass is 31.2. The average molecular weight is 831 g/mol. The van der Waals surface area contributed by atoms with Crippen LogP contribution in [0.5, 0.6) is 0 Å². The van der Waals surface area contributed by atoms with Gasteiger partial charge in [0.25, 0.3) is 0 Å². The lowest BCUT2D eigenvalue weighted by molar-refractivity contribution is -0.870. The Bertz CT molecular complexity index is 925. The van der Waals surface area contributed by atoms with E-state index in [9.17, 15) is 19.4 Å². The maximum absolute atomic E-state index is 12.0. The van der Waals surface area contributed by atoms with Crippen LogP contribution in [0.3, 0.4) is 0 Å². The summed E-state index contributed by atoms with van der Waals surface area (Å²) in [5.41, 5.74) is 0. The molecule has 2 unspecified atom stereocenters. The number of phosphoric ester groups is 1. The van der Waals surface area contributed by atoms with E-state index < -0.39 is 20.5 Å².